The summed E-state index contributed by atoms with van der Waals surface area (Å²) in [6, 6.07) is 1.92. The van der Waals surface area contributed by atoms with Crippen LogP contribution in [-0.2, 0) is 4.74 Å². The molecule has 1 aliphatic heterocycles. The van der Waals surface area contributed by atoms with Gasteiger partial charge in [0.1, 0.15) is 11.8 Å². The van der Waals surface area contributed by atoms with Crippen molar-refractivity contribution in [2.75, 3.05) is 0 Å². The van der Waals surface area contributed by atoms with Gasteiger partial charge in [-0.25, -0.2) is 0 Å². The summed E-state index contributed by atoms with van der Waals surface area (Å²) in [4.78, 5) is 0. The lowest BCUT2D eigenvalue weighted by molar-refractivity contribution is 0.227. The molecule has 0 amide bonds. The topological polar surface area (TPSA) is 33.0 Å². The maximum absolute atomic E-state index is 8.22. The van der Waals surface area contributed by atoms with E-state index in [9.17, 15) is 0 Å². The van der Waals surface area contributed by atoms with Crippen molar-refractivity contribution in [3.63, 3.8) is 0 Å². The van der Waals surface area contributed by atoms with Gasteiger partial charge in [-0.15, -0.1) is 0 Å². The van der Waals surface area contributed by atoms with Gasteiger partial charge in [0.05, 0.1) is 0 Å². The van der Waals surface area contributed by atoms with Gasteiger partial charge >= 0.3 is 0 Å². The number of hydrogen-bond acceptors (Lipinski definition) is 2. The Hall–Kier alpha value is -1.23. The summed E-state index contributed by atoms with van der Waals surface area (Å²) < 4.78 is 4.84. The second-order valence-corrected chi connectivity index (χ2v) is 1.49. The van der Waals surface area contributed by atoms with E-state index in [1.54, 1.807) is 12.2 Å². The van der Waals surface area contributed by atoms with Crippen LogP contribution in [0.25, 0.3) is 0 Å². The van der Waals surface area contributed by atoms with Crippen molar-refractivity contribution in [1.29, 1.82) is 5.26 Å². The summed E-state index contributed by atoms with van der Waals surface area (Å²) in [5.41, 5.74) is 0. The van der Waals surface area contributed by atoms with Crippen molar-refractivity contribution in [2.24, 2.45) is 0 Å². The van der Waals surface area contributed by atoms with Gasteiger partial charge in [-0.05, 0) is 12.2 Å². The van der Waals surface area contributed by atoms with Crippen LogP contribution in [0.2, 0.25) is 0 Å². The maximum Gasteiger partial charge on any atom is 0.203 e. The number of ether oxygens (including phenoxy) is 1. The van der Waals surface area contributed by atoms with Gasteiger partial charge in [0.25, 0.3) is 0 Å². The van der Waals surface area contributed by atoms with Crippen LogP contribution in [0.4, 0.5) is 0 Å². The van der Waals surface area contributed by atoms with E-state index in [2.05, 4.69) is 6.58 Å². The second-order valence-electron chi connectivity index (χ2n) is 1.49. The van der Waals surface area contributed by atoms with Crippen LogP contribution in [0.1, 0.15) is 0 Å². The molecule has 0 saturated heterocycles. The van der Waals surface area contributed by atoms with Crippen LogP contribution >= 0.6 is 0 Å². The Bertz CT molecular complexity index is 175. The van der Waals surface area contributed by atoms with Gasteiger partial charge in [0.2, 0.25) is 6.10 Å². The fourth-order valence-electron chi connectivity index (χ4n) is 0.506. The van der Waals surface area contributed by atoms with Crippen molar-refractivity contribution in [2.45, 2.75) is 6.10 Å². The molecule has 1 atom stereocenters. The van der Waals surface area contributed by atoms with Crippen molar-refractivity contribution in [3.05, 3.63) is 24.5 Å². The van der Waals surface area contributed by atoms with Crippen LogP contribution in [0.15, 0.2) is 24.5 Å². The summed E-state index contributed by atoms with van der Waals surface area (Å²) in [7, 11) is 0. The monoisotopic (exact) mass is 107 g/mol. The molecule has 0 saturated carbocycles. The Morgan fingerprint density at radius 2 is 2.62 bits per heavy atom. The molecule has 1 aliphatic rings. The first kappa shape index (κ1) is 4.92. The zero-order chi connectivity index (χ0) is 5.98. The largest absolute Gasteiger partial charge is 0.472 e. The molecule has 0 aromatic rings. The quantitative estimate of drug-likeness (QED) is 0.462. The first-order valence-electron chi connectivity index (χ1n) is 2.26. The fourth-order valence-corrected chi connectivity index (χ4v) is 0.506. The van der Waals surface area contributed by atoms with Gasteiger partial charge < -0.3 is 4.74 Å². The normalized spacial score (nSPS) is 24.9. The Kier molecular flexibility index (Phi) is 1.05. The smallest absolute Gasteiger partial charge is 0.203 e. The minimum absolute atomic E-state index is 0.400. The average Bonchev–Trinajstić information content (AvgIpc) is 2.14. The molecule has 1 rings (SSSR count). The highest BCUT2D eigenvalue weighted by Crippen LogP contribution is 2.10. The van der Waals surface area contributed by atoms with Crippen LogP contribution < -0.4 is 0 Å². The standard InChI is InChI=1S/C6H5NO/c1-5-2-3-6(4-7)8-5/h2-3,6H,1H2. The van der Waals surface area contributed by atoms with Crippen molar-refractivity contribution >= 4 is 0 Å². The predicted octanol–water partition coefficient (Wildman–Crippen LogP) is 0.979. The molecular weight excluding hydrogens is 102 g/mol. The van der Waals surface area contributed by atoms with E-state index < -0.39 is 6.10 Å². The lowest BCUT2D eigenvalue weighted by atomic mass is 10.4. The minimum atomic E-state index is -0.400. The van der Waals surface area contributed by atoms with E-state index in [0.717, 1.165) is 0 Å². The highest BCUT2D eigenvalue weighted by Gasteiger charge is 2.09. The molecule has 2 heteroatoms. The Morgan fingerprint density at radius 1 is 1.88 bits per heavy atom. The van der Waals surface area contributed by atoms with Crippen molar-refractivity contribution in [1.82, 2.24) is 0 Å². The predicted molar refractivity (Wildman–Crippen MR) is 28.8 cm³/mol. The van der Waals surface area contributed by atoms with Crippen molar-refractivity contribution in [3.8, 4) is 6.07 Å². The third kappa shape index (κ3) is 0.710. The Morgan fingerprint density at radius 3 is 2.88 bits per heavy atom. The fraction of sp³-hybridized carbons (Fsp3) is 0.167. The number of nitrogens with zero attached hydrogens (tertiary/aromatic N) is 1. The summed E-state index contributed by atoms with van der Waals surface area (Å²) in [6.07, 6.45) is 2.96. The van der Waals surface area contributed by atoms with E-state index in [1.807, 2.05) is 6.07 Å². The molecule has 40 valence electrons. The number of nitriles is 1. The van der Waals surface area contributed by atoms with Crippen LogP contribution in [0.5, 0.6) is 0 Å². The highest BCUT2D eigenvalue weighted by molar-refractivity contribution is 5.20. The maximum atomic E-state index is 8.22. The lowest BCUT2D eigenvalue weighted by Crippen LogP contribution is -1.97. The zero-order valence-corrected chi connectivity index (χ0v) is 4.29. The molecule has 0 aromatic carbocycles. The zero-order valence-electron chi connectivity index (χ0n) is 4.29. The number of allylic oxidation sites excluding steroid dienone is 1. The highest BCUT2D eigenvalue weighted by atomic mass is 16.5. The first-order chi connectivity index (χ1) is 3.83. The third-order valence-electron chi connectivity index (χ3n) is 0.862. The van der Waals surface area contributed by atoms with Gasteiger partial charge in [-0.3, -0.25) is 0 Å². The molecule has 2 nitrogen and oxygen atoms in total. The van der Waals surface area contributed by atoms with E-state index in [0.29, 0.717) is 5.76 Å². The molecular formula is C6H5NO. The summed E-state index contributed by atoms with van der Waals surface area (Å²) >= 11 is 0. The van der Waals surface area contributed by atoms with Gasteiger partial charge in [0.15, 0.2) is 0 Å². The first-order valence-corrected chi connectivity index (χ1v) is 2.26. The summed E-state index contributed by atoms with van der Waals surface area (Å²) in [5, 5.41) is 8.22. The molecule has 1 heterocycles. The van der Waals surface area contributed by atoms with Gasteiger partial charge in [-0.1, -0.05) is 6.58 Å². The number of rotatable bonds is 0. The van der Waals surface area contributed by atoms with Crippen LogP contribution in [-0.4, -0.2) is 6.10 Å². The third-order valence-corrected chi connectivity index (χ3v) is 0.862. The lowest BCUT2D eigenvalue weighted by Gasteiger charge is -1.96. The molecule has 0 radical (unpaired) electrons. The molecule has 0 spiro atoms. The summed E-state index contributed by atoms with van der Waals surface area (Å²) in [6.45, 7) is 3.49. The van der Waals surface area contributed by atoms with E-state index in [-0.39, 0.29) is 0 Å². The molecule has 0 N–H and O–H groups in total. The summed E-state index contributed by atoms with van der Waals surface area (Å²) in [5.74, 6) is 0.566. The molecule has 0 bridgehead atoms. The average molecular weight is 107 g/mol. The molecule has 0 aromatic heterocycles. The van der Waals surface area contributed by atoms with E-state index in [1.165, 1.54) is 0 Å². The Labute approximate surface area is 47.7 Å². The Balaban J connectivity index is 2.62. The number of hydrogen-bond donors (Lipinski definition) is 0. The molecule has 8 heavy (non-hydrogen) atoms. The van der Waals surface area contributed by atoms with Crippen LogP contribution in [0, 0.1) is 11.3 Å². The van der Waals surface area contributed by atoms with E-state index in [4.69, 9.17) is 10.00 Å². The van der Waals surface area contributed by atoms with Crippen LogP contribution in [0.3, 0.4) is 0 Å². The molecule has 0 aliphatic carbocycles. The molecule has 1 unspecified atom stereocenters. The SMILES string of the molecule is C=C1C=CC(C#N)O1. The van der Waals surface area contributed by atoms with E-state index >= 15 is 0 Å². The van der Waals surface area contributed by atoms with Gasteiger partial charge in [-0.2, -0.15) is 5.26 Å². The second kappa shape index (κ2) is 1.71. The minimum Gasteiger partial charge on any atom is -0.472 e. The van der Waals surface area contributed by atoms with Gasteiger partial charge in [0, 0.05) is 0 Å². The molecule has 0 fully saturated rings. The van der Waals surface area contributed by atoms with Crippen molar-refractivity contribution < 1.29 is 4.74 Å².